The van der Waals surface area contributed by atoms with Crippen molar-refractivity contribution in [2.75, 3.05) is 0 Å². The Morgan fingerprint density at radius 2 is 2.10 bits per heavy atom. The lowest BCUT2D eigenvalue weighted by Crippen LogP contribution is -2.51. The van der Waals surface area contributed by atoms with Crippen LogP contribution >= 0.6 is 0 Å². The van der Waals surface area contributed by atoms with E-state index < -0.39 is 0 Å². The predicted molar refractivity (Wildman–Crippen MR) is 82.6 cm³/mol. The third-order valence-corrected chi connectivity index (χ3v) is 4.32. The molecule has 3 heteroatoms. The first kappa shape index (κ1) is 15.0. The van der Waals surface area contributed by atoms with Gasteiger partial charge in [0, 0.05) is 11.6 Å². The van der Waals surface area contributed by atoms with Gasteiger partial charge in [0.05, 0.1) is 6.04 Å². The summed E-state index contributed by atoms with van der Waals surface area (Å²) in [7, 11) is 0. The second-order valence-electron chi connectivity index (χ2n) is 6.41. The van der Waals surface area contributed by atoms with Crippen LogP contribution in [-0.4, -0.2) is 17.5 Å². The lowest BCUT2D eigenvalue weighted by molar-refractivity contribution is -0.124. The normalized spacial score (nSPS) is 19.5. The van der Waals surface area contributed by atoms with Gasteiger partial charge in [0.2, 0.25) is 5.91 Å². The third kappa shape index (κ3) is 3.40. The Balaban J connectivity index is 1.96. The monoisotopic (exact) mass is 274 g/mol. The Kier molecular flexibility index (Phi) is 4.48. The smallest absolute Gasteiger partial charge is 0.237 e. The van der Waals surface area contributed by atoms with Crippen LogP contribution in [0.15, 0.2) is 24.3 Å². The molecule has 110 valence electrons. The molecule has 0 bridgehead atoms. The van der Waals surface area contributed by atoms with Gasteiger partial charge >= 0.3 is 0 Å². The number of hydrogen-bond acceptors (Lipinski definition) is 2. The molecule has 2 N–H and O–H groups in total. The molecule has 0 heterocycles. The van der Waals surface area contributed by atoms with Crippen molar-refractivity contribution in [1.82, 2.24) is 10.6 Å². The zero-order chi connectivity index (χ0) is 14.8. The molecule has 1 aromatic rings. The Labute approximate surface area is 122 Å². The number of nitrogens with one attached hydrogen (secondary N) is 2. The van der Waals surface area contributed by atoms with E-state index in [4.69, 9.17) is 0 Å². The molecular formula is C17H26N2O. The summed E-state index contributed by atoms with van der Waals surface area (Å²) in [4.78, 5) is 12.2. The van der Waals surface area contributed by atoms with Gasteiger partial charge in [-0.2, -0.15) is 0 Å². The highest BCUT2D eigenvalue weighted by atomic mass is 16.2. The van der Waals surface area contributed by atoms with E-state index >= 15 is 0 Å². The average Bonchev–Trinajstić information content (AvgIpc) is 2.82. The van der Waals surface area contributed by atoms with Gasteiger partial charge in [-0.3, -0.25) is 10.1 Å². The number of benzene rings is 1. The summed E-state index contributed by atoms with van der Waals surface area (Å²) in [5, 5.41) is 6.57. The molecule has 1 aromatic carbocycles. The molecule has 0 spiro atoms. The first-order valence-corrected chi connectivity index (χ1v) is 7.59. The zero-order valence-electron chi connectivity index (χ0n) is 13.0. The maximum atomic E-state index is 12.2. The van der Waals surface area contributed by atoms with E-state index in [-0.39, 0.29) is 17.5 Å². The summed E-state index contributed by atoms with van der Waals surface area (Å²) in [5.74, 6) is 0.0845. The van der Waals surface area contributed by atoms with Crippen LogP contribution < -0.4 is 10.6 Å². The standard InChI is InChI=1S/C17H26N2O/c1-5-17(3,4)19-16(20)12(2)18-15-11-10-13-8-6-7-9-14(13)15/h6-9,12,15,18H,5,10-11H2,1-4H3,(H,19,20). The summed E-state index contributed by atoms with van der Waals surface area (Å²) in [6, 6.07) is 8.64. The molecule has 2 unspecified atom stereocenters. The lowest BCUT2D eigenvalue weighted by atomic mass is 10.0. The molecule has 2 rings (SSSR count). The number of fused-ring (bicyclic) bond motifs is 1. The molecule has 20 heavy (non-hydrogen) atoms. The molecule has 0 fully saturated rings. The van der Waals surface area contributed by atoms with Gasteiger partial charge in [0.25, 0.3) is 0 Å². The van der Waals surface area contributed by atoms with Crippen LogP contribution in [0.3, 0.4) is 0 Å². The molecule has 2 atom stereocenters. The highest BCUT2D eigenvalue weighted by Crippen LogP contribution is 2.30. The third-order valence-electron chi connectivity index (χ3n) is 4.32. The fourth-order valence-electron chi connectivity index (χ4n) is 2.64. The van der Waals surface area contributed by atoms with Crippen molar-refractivity contribution in [1.29, 1.82) is 0 Å². The van der Waals surface area contributed by atoms with Gasteiger partial charge < -0.3 is 5.32 Å². The molecule has 0 saturated carbocycles. The van der Waals surface area contributed by atoms with E-state index in [9.17, 15) is 4.79 Å². The maximum absolute atomic E-state index is 12.2. The fraction of sp³-hybridized carbons (Fsp3) is 0.588. The van der Waals surface area contributed by atoms with E-state index in [1.54, 1.807) is 0 Å². The molecule has 0 aliphatic heterocycles. The van der Waals surface area contributed by atoms with E-state index in [0.717, 1.165) is 19.3 Å². The number of aryl methyl sites for hydroxylation is 1. The number of carbonyl (C=O) groups is 1. The van der Waals surface area contributed by atoms with Crippen LogP contribution in [0.5, 0.6) is 0 Å². The van der Waals surface area contributed by atoms with Crippen LogP contribution in [0.2, 0.25) is 0 Å². The van der Waals surface area contributed by atoms with Crippen molar-refractivity contribution >= 4 is 5.91 Å². The Bertz CT molecular complexity index is 482. The molecule has 1 aliphatic rings. The van der Waals surface area contributed by atoms with Crippen molar-refractivity contribution in [2.24, 2.45) is 0 Å². The van der Waals surface area contributed by atoms with Crippen LogP contribution in [0.1, 0.15) is 57.7 Å². The zero-order valence-corrected chi connectivity index (χ0v) is 13.0. The number of rotatable bonds is 5. The van der Waals surface area contributed by atoms with Gasteiger partial charge in [-0.05, 0) is 51.2 Å². The van der Waals surface area contributed by atoms with Crippen molar-refractivity contribution < 1.29 is 4.79 Å². The van der Waals surface area contributed by atoms with Gasteiger partial charge in [-0.15, -0.1) is 0 Å². The molecule has 0 saturated heterocycles. The second kappa shape index (κ2) is 5.96. The SMILES string of the molecule is CCC(C)(C)NC(=O)C(C)NC1CCc2ccccc21. The fourth-order valence-corrected chi connectivity index (χ4v) is 2.64. The van der Waals surface area contributed by atoms with E-state index in [2.05, 4.69) is 55.7 Å². The van der Waals surface area contributed by atoms with Crippen LogP contribution in [0.25, 0.3) is 0 Å². The first-order valence-electron chi connectivity index (χ1n) is 7.59. The lowest BCUT2D eigenvalue weighted by Gasteiger charge is -2.28. The summed E-state index contributed by atoms with van der Waals surface area (Å²) in [5.41, 5.74) is 2.62. The quantitative estimate of drug-likeness (QED) is 0.866. The summed E-state index contributed by atoms with van der Waals surface area (Å²) in [6.07, 6.45) is 3.11. The predicted octanol–water partition coefficient (Wildman–Crippen LogP) is 2.96. The van der Waals surface area contributed by atoms with Crippen molar-refractivity contribution in [3.63, 3.8) is 0 Å². The Morgan fingerprint density at radius 1 is 1.40 bits per heavy atom. The topological polar surface area (TPSA) is 41.1 Å². The summed E-state index contributed by atoms with van der Waals surface area (Å²) in [6.45, 7) is 8.15. The van der Waals surface area contributed by atoms with E-state index in [1.165, 1.54) is 11.1 Å². The minimum Gasteiger partial charge on any atom is -0.350 e. The highest BCUT2D eigenvalue weighted by Gasteiger charge is 2.27. The first-order chi connectivity index (χ1) is 9.43. The van der Waals surface area contributed by atoms with Crippen molar-refractivity contribution in [2.45, 2.75) is 64.6 Å². The molecule has 3 nitrogen and oxygen atoms in total. The van der Waals surface area contributed by atoms with E-state index in [0.29, 0.717) is 6.04 Å². The molecular weight excluding hydrogens is 248 g/mol. The van der Waals surface area contributed by atoms with E-state index in [1.807, 2.05) is 6.92 Å². The Hall–Kier alpha value is -1.35. The van der Waals surface area contributed by atoms with Crippen LogP contribution in [0.4, 0.5) is 0 Å². The molecule has 1 aliphatic carbocycles. The largest absolute Gasteiger partial charge is 0.350 e. The van der Waals surface area contributed by atoms with Gasteiger partial charge in [-0.1, -0.05) is 31.2 Å². The average molecular weight is 274 g/mol. The van der Waals surface area contributed by atoms with Crippen LogP contribution in [0, 0.1) is 0 Å². The number of carbonyl (C=O) groups excluding carboxylic acids is 1. The van der Waals surface area contributed by atoms with Gasteiger partial charge in [0.1, 0.15) is 0 Å². The number of hydrogen-bond donors (Lipinski definition) is 2. The van der Waals surface area contributed by atoms with Crippen LogP contribution in [-0.2, 0) is 11.2 Å². The molecule has 0 aromatic heterocycles. The van der Waals surface area contributed by atoms with Gasteiger partial charge in [0.15, 0.2) is 0 Å². The highest BCUT2D eigenvalue weighted by molar-refractivity contribution is 5.82. The minimum atomic E-state index is -0.169. The Morgan fingerprint density at radius 3 is 2.80 bits per heavy atom. The van der Waals surface area contributed by atoms with Crippen molar-refractivity contribution in [3.8, 4) is 0 Å². The van der Waals surface area contributed by atoms with Gasteiger partial charge in [-0.25, -0.2) is 0 Å². The second-order valence-corrected chi connectivity index (χ2v) is 6.41. The summed E-state index contributed by atoms with van der Waals surface area (Å²) >= 11 is 0. The van der Waals surface area contributed by atoms with Crippen molar-refractivity contribution in [3.05, 3.63) is 35.4 Å². The maximum Gasteiger partial charge on any atom is 0.237 e. The molecule has 1 amide bonds. The summed E-state index contributed by atoms with van der Waals surface area (Å²) < 4.78 is 0. The number of amides is 1. The minimum absolute atomic E-state index is 0.0845. The molecule has 0 radical (unpaired) electrons.